The van der Waals surface area contributed by atoms with E-state index in [1.807, 2.05) is 0 Å². The fourth-order valence-electron chi connectivity index (χ4n) is 1.49. The van der Waals surface area contributed by atoms with Gasteiger partial charge in [-0.05, 0) is 28.1 Å². The van der Waals surface area contributed by atoms with Gasteiger partial charge in [0.15, 0.2) is 5.75 Å². The normalized spacial score (nSPS) is 10.1. The summed E-state index contributed by atoms with van der Waals surface area (Å²) >= 11 is 3.14. The van der Waals surface area contributed by atoms with Crippen LogP contribution in [0.2, 0.25) is 0 Å². The smallest absolute Gasteiger partial charge is 0.339 e. The van der Waals surface area contributed by atoms with E-state index in [-0.39, 0.29) is 22.7 Å². The van der Waals surface area contributed by atoms with Crippen LogP contribution in [-0.2, 0) is 0 Å². The Bertz CT molecular complexity index is 689. The topological polar surface area (TPSA) is 103 Å². The lowest BCUT2D eigenvalue weighted by Crippen LogP contribution is -2.02. The van der Waals surface area contributed by atoms with Crippen LogP contribution in [0, 0.1) is 10.1 Å². The highest BCUT2D eigenvalue weighted by atomic mass is 79.9. The van der Waals surface area contributed by atoms with E-state index >= 15 is 0 Å². The van der Waals surface area contributed by atoms with E-state index in [1.54, 1.807) is 6.07 Å². The molecule has 102 valence electrons. The quantitative estimate of drug-likeness (QED) is 0.678. The molecule has 0 bridgehead atoms. The number of carboxylic acid groups (broad SMARTS) is 1. The molecule has 1 heterocycles. The highest BCUT2D eigenvalue weighted by Gasteiger charge is 2.21. The zero-order chi connectivity index (χ0) is 14.7. The molecule has 0 atom stereocenters. The maximum atomic E-state index is 11.1. The number of aromatic carboxylic acids is 1. The van der Waals surface area contributed by atoms with Crippen molar-refractivity contribution in [3.8, 4) is 11.5 Å². The van der Waals surface area contributed by atoms with Crippen LogP contribution in [0.3, 0.4) is 0 Å². The molecule has 1 aromatic heterocycles. The summed E-state index contributed by atoms with van der Waals surface area (Å²) < 4.78 is 5.70. The summed E-state index contributed by atoms with van der Waals surface area (Å²) in [6.45, 7) is 0. The van der Waals surface area contributed by atoms with Gasteiger partial charge in [-0.2, -0.15) is 0 Å². The lowest BCUT2D eigenvalue weighted by atomic mass is 10.2. The molecule has 0 spiro atoms. The van der Waals surface area contributed by atoms with Crippen LogP contribution in [0.5, 0.6) is 11.5 Å². The average Bonchev–Trinajstić information content (AvgIpc) is 2.41. The van der Waals surface area contributed by atoms with Crippen LogP contribution < -0.4 is 4.74 Å². The molecule has 2 rings (SSSR count). The number of nitrogens with zero attached hydrogens (tertiary/aromatic N) is 2. The number of nitro benzene ring substituents is 1. The highest BCUT2D eigenvalue weighted by molar-refractivity contribution is 9.10. The van der Waals surface area contributed by atoms with E-state index in [0.29, 0.717) is 4.47 Å². The molecular weight excluding hydrogens is 332 g/mol. The monoisotopic (exact) mass is 338 g/mol. The number of aromatic nitrogens is 1. The summed E-state index contributed by atoms with van der Waals surface area (Å²) in [5.74, 6) is -1.36. The second-order valence-electron chi connectivity index (χ2n) is 3.62. The molecule has 0 radical (unpaired) electrons. The molecule has 2 aromatic rings. The Kier molecular flexibility index (Phi) is 3.94. The van der Waals surface area contributed by atoms with Crippen molar-refractivity contribution in [2.75, 3.05) is 0 Å². The number of carbonyl (C=O) groups is 1. The molecule has 0 saturated carbocycles. The third-order valence-electron chi connectivity index (χ3n) is 2.37. The number of rotatable bonds is 4. The van der Waals surface area contributed by atoms with Crippen LogP contribution in [-0.4, -0.2) is 21.0 Å². The van der Waals surface area contributed by atoms with Crippen LogP contribution in [0.25, 0.3) is 0 Å². The summed E-state index contributed by atoms with van der Waals surface area (Å²) in [4.78, 5) is 25.2. The molecule has 0 unspecified atom stereocenters. The molecule has 0 amide bonds. The van der Waals surface area contributed by atoms with Gasteiger partial charge in [-0.3, -0.25) is 15.1 Å². The van der Waals surface area contributed by atoms with Crippen LogP contribution >= 0.6 is 15.9 Å². The largest absolute Gasteiger partial charge is 0.478 e. The number of halogens is 1. The highest BCUT2D eigenvalue weighted by Crippen LogP contribution is 2.38. The predicted molar refractivity (Wildman–Crippen MR) is 72.1 cm³/mol. The predicted octanol–water partition coefficient (Wildman–Crippen LogP) is 3.24. The van der Waals surface area contributed by atoms with E-state index in [9.17, 15) is 14.9 Å². The second kappa shape index (κ2) is 5.66. The number of benzene rings is 1. The summed E-state index contributed by atoms with van der Waals surface area (Å²) in [5.41, 5.74) is -0.412. The van der Waals surface area contributed by atoms with Crippen molar-refractivity contribution in [2.45, 2.75) is 0 Å². The Morgan fingerprint density at radius 1 is 1.40 bits per heavy atom. The summed E-state index contributed by atoms with van der Waals surface area (Å²) in [7, 11) is 0. The molecule has 0 saturated heterocycles. The molecular formula is C12H7BrN2O5. The van der Waals surface area contributed by atoms with Gasteiger partial charge in [-0.15, -0.1) is 0 Å². The summed E-state index contributed by atoms with van der Waals surface area (Å²) in [6.07, 6.45) is 2.48. The average molecular weight is 339 g/mol. The van der Waals surface area contributed by atoms with E-state index in [4.69, 9.17) is 9.84 Å². The van der Waals surface area contributed by atoms with Crippen LogP contribution in [0.1, 0.15) is 10.4 Å². The number of ether oxygens (including phenoxy) is 1. The van der Waals surface area contributed by atoms with Gasteiger partial charge in [0.1, 0.15) is 5.56 Å². The molecule has 20 heavy (non-hydrogen) atoms. The molecule has 8 heteroatoms. The molecule has 7 nitrogen and oxygen atoms in total. The van der Waals surface area contributed by atoms with Crippen LogP contribution in [0.4, 0.5) is 5.69 Å². The minimum atomic E-state index is -1.21. The number of para-hydroxylation sites is 1. The van der Waals surface area contributed by atoms with Gasteiger partial charge in [0.05, 0.1) is 15.6 Å². The Hall–Kier alpha value is -2.48. The maximum Gasteiger partial charge on any atom is 0.339 e. The van der Waals surface area contributed by atoms with Gasteiger partial charge in [0, 0.05) is 12.3 Å². The van der Waals surface area contributed by atoms with Crippen molar-refractivity contribution in [1.29, 1.82) is 0 Å². The van der Waals surface area contributed by atoms with Gasteiger partial charge < -0.3 is 9.84 Å². The molecule has 0 aliphatic rings. The standard InChI is InChI=1S/C12H7BrN2O5/c13-8-2-1-3-9(15(18)19)11(8)20-10-6-14-5-4-7(10)12(16)17/h1-6H,(H,16,17). The molecule has 1 aromatic carbocycles. The Balaban J connectivity index is 2.51. The number of hydrogen-bond acceptors (Lipinski definition) is 5. The summed E-state index contributed by atoms with van der Waals surface area (Å²) in [6, 6.07) is 5.55. The Labute approximate surface area is 121 Å². The van der Waals surface area contributed by atoms with Gasteiger partial charge >= 0.3 is 11.7 Å². The van der Waals surface area contributed by atoms with E-state index in [2.05, 4.69) is 20.9 Å². The van der Waals surface area contributed by atoms with E-state index in [1.165, 1.54) is 30.6 Å². The Morgan fingerprint density at radius 2 is 2.15 bits per heavy atom. The van der Waals surface area contributed by atoms with Crippen LogP contribution in [0.15, 0.2) is 41.1 Å². The first-order valence-electron chi connectivity index (χ1n) is 5.28. The van der Waals surface area contributed by atoms with E-state index < -0.39 is 10.9 Å². The molecule has 1 N–H and O–H groups in total. The first kappa shape index (κ1) is 13.9. The third-order valence-corrected chi connectivity index (χ3v) is 2.99. The van der Waals surface area contributed by atoms with Crippen molar-refractivity contribution >= 4 is 27.6 Å². The van der Waals surface area contributed by atoms with Gasteiger partial charge in [0.25, 0.3) is 0 Å². The first-order chi connectivity index (χ1) is 9.50. The van der Waals surface area contributed by atoms with Crippen molar-refractivity contribution < 1.29 is 19.6 Å². The molecule has 0 aliphatic carbocycles. The number of hydrogen-bond donors (Lipinski definition) is 1. The lowest BCUT2D eigenvalue weighted by Gasteiger charge is -2.09. The van der Waals surface area contributed by atoms with Gasteiger partial charge in [0.2, 0.25) is 5.75 Å². The minimum Gasteiger partial charge on any atom is -0.478 e. The van der Waals surface area contributed by atoms with Crippen molar-refractivity contribution in [3.05, 3.63) is 56.8 Å². The second-order valence-corrected chi connectivity index (χ2v) is 4.48. The van der Waals surface area contributed by atoms with Crippen molar-refractivity contribution in [1.82, 2.24) is 4.98 Å². The number of nitro groups is 1. The van der Waals surface area contributed by atoms with Gasteiger partial charge in [-0.25, -0.2) is 4.79 Å². The zero-order valence-corrected chi connectivity index (χ0v) is 11.4. The van der Waals surface area contributed by atoms with E-state index in [0.717, 1.165) is 0 Å². The van der Waals surface area contributed by atoms with Gasteiger partial charge in [-0.1, -0.05) is 6.07 Å². The third kappa shape index (κ3) is 2.75. The molecule has 0 fully saturated rings. The minimum absolute atomic E-state index is 0.0741. The summed E-state index contributed by atoms with van der Waals surface area (Å²) in [5, 5.41) is 20.0. The zero-order valence-electron chi connectivity index (χ0n) is 9.82. The maximum absolute atomic E-state index is 11.1. The van der Waals surface area contributed by atoms with Crippen molar-refractivity contribution in [3.63, 3.8) is 0 Å². The SMILES string of the molecule is O=C(O)c1ccncc1Oc1c(Br)cccc1[N+](=O)[O-]. The Morgan fingerprint density at radius 3 is 2.80 bits per heavy atom. The fourth-order valence-corrected chi connectivity index (χ4v) is 1.93. The first-order valence-corrected chi connectivity index (χ1v) is 6.08. The number of carboxylic acids is 1. The van der Waals surface area contributed by atoms with Crippen molar-refractivity contribution in [2.24, 2.45) is 0 Å². The molecule has 0 aliphatic heterocycles. The lowest BCUT2D eigenvalue weighted by molar-refractivity contribution is -0.385. The fraction of sp³-hybridized carbons (Fsp3) is 0. The number of pyridine rings is 1.